The molecule has 1 heterocycles. The van der Waals surface area contributed by atoms with Gasteiger partial charge < -0.3 is 10.1 Å². The Hall–Kier alpha value is -0.990. The van der Waals surface area contributed by atoms with Crippen LogP contribution in [0.4, 0.5) is 0 Å². The predicted molar refractivity (Wildman–Crippen MR) is 76.6 cm³/mol. The summed E-state index contributed by atoms with van der Waals surface area (Å²) in [5.74, 6) is 1.32. The number of ether oxygens (including phenoxy) is 1. The average Bonchev–Trinajstić information content (AvgIpc) is 2.38. The number of hydrogen-bond donors (Lipinski definition) is 1. The Morgan fingerprint density at radius 3 is 3.00 bits per heavy atom. The van der Waals surface area contributed by atoms with Crippen LogP contribution in [-0.4, -0.2) is 19.7 Å². The first-order valence-corrected chi connectivity index (χ1v) is 6.82. The first kappa shape index (κ1) is 13.4. The van der Waals surface area contributed by atoms with E-state index in [0.717, 1.165) is 24.4 Å². The molecule has 3 heteroatoms. The second kappa shape index (κ2) is 6.26. The van der Waals surface area contributed by atoms with Crippen LogP contribution in [0.2, 0.25) is 5.02 Å². The van der Waals surface area contributed by atoms with Crippen molar-refractivity contribution < 1.29 is 4.74 Å². The summed E-state index contributed by atoms with van der Waals surface area (Å²) in [7, 11) is 0. The predicted octanol–water partition coefficient (Wildman–Crippen LogP) is 3.76. The highest BCUT2D eigenvalue weighted by Gasteiger charge is 2.16. The van der Waals surface area contributed by atoms with Crippen LogP contribution in [-0.2, 0) is 0 Å². The summed E-state index contributed by atoms with van der Waals surface area (Å²) >= 11 is 6.26. The molecule has 1 unspecified atom stereocenters. The van der Waals surface area contributed by atoms with Crippen LogP contribution < -0.4 is 10.1 Å². The van der Waals surface area contributed by atoms with Crippen molar-refractivity contribution in [3.63, 3.8) is 0 Å². The minimum absolute atomic E-state index is 0.518. The molecule has 1 aliphatic heterocycles. The molecule has 1 atom stereocenters. The Kier molecular flexibility index (Phi) is 4.67. The Morgan fingerprint density at radius 1 is 1.56 bits per heavy atom. The molecular weight excluding hydrogens is 246 g/mol. The molecule has 0 spiro atoms. The van der Waals surface area contributed by atoms with Crippen molar-refractivity contribution in [1.82, 2.24) is 5.32 Å². The van der Waals surface area contributed by atoms with Crippen LogP contribution in [0.3, 0.4) is 0 Å². The van der Waals surface area contributed by atoms with Crippen molar-refractivity contribution in [3.8, 4) is 5.75 Å². The zero-order valence-electron chi connectivity index (χ0n) is 10.8. The summed E-state index contributed by atoms with van der Waals surface area (Å²) in [5.41, 5.74) is 2.29. The van der Waals surface area contributed by atoms with Gasteiger partial charge in [0, 0.05) is 6.54 Å². The number of nitrogens with one attached hydrogen (secondary N) is 1. The fourth-order valence-corrected chi connectivity index (χ4v) is 2.47. The van der Waals surface area contributed by atoms with E-state index in [2.05, 4.69) is 18.0 Å². The van der Waals surface area contributed by atoms with Crippen LogP contribution in [0.1, 0.15) is 31.2 Å². The first-order chi connectivity index (χ1) is 8.66. The van der Waals surface area contributed by atoms with Gasteiger partial charge in [0.15, 0.2) is 0 Å². The normalized spacial score (nSPS) is 19.6. The molecule has 1 aliphatic rings. The highest BCUT2D eigenvalue weighted by Crippen LogP contribution is 2.31. The van der Waals surface area contributed by atoms with Gasteiger partial charge in [-0.15, -0.1) is 0 Å². The second-order valence-corrected chi connectivity index (χ2v) is 5.39. The molecule has 1 aromatic carbocycles. The minimum atomic E-state index is 0.518. The van der Waals surface area contributed by atoms with Crippen molar-refractivity contribution in [2.45, 2.75) is 25.7 Å². The van der Waals surface area contributed by atoms with E-state index in [0.29, 0.717) is 17.5 Å². The summed E-state index contributed by atoms with van der Waals surface area (Å²) < 4.78 is 5.59. The lowest BCUT2D eigenvalue weighted by molar-refractivity contribution is 0.352. The fraction of sp³-hybridized carbons (Fsp3) is 0.467. The summed E-state index contributed by atoms with van der Waals surface area (Å²) in [5, 5.41) is 4.12. The van der Waals surface area contributed by atoms with Gasteiger partial charge in [0.2, 0.25) is 0 Å². The van der Waals surface area contributed by atoms with Crippen LogP contribution in [0.15, 0.2) is 30.4 Å². The maximum Gasteiger partial charge on any atom is 0.138 e. The number of halogens is 1. The van der Waals surface area contributed by atoms with E-state index in [-0.39, 0.29) is 0 Å². The van der Waals surface area contributed by atoms with E-state index in [9.17, 15) is 0 Å². The number of hydrogen-bond acceptors (Lipinski definition) is 2. The monoisotopic (exact) mass is 265 g/mol. The maximum absolute atomic E-state index is 6.26. The highest BCUT2D eigenvalue weighted by atomic mass is 35.5. The van der Waals surface area contributed by atoms with Gasteiger partial charge in [-0.1, -0.05) is 24.2 Å². The van der Waals surface area contributed by atoms with Gasteiger partial charge in [-0.05, 0) is 55.5 Å². The van der Waals surface area contributed by atoms with Gasteiger partial charge in [-0.2, -0.15) is 0 Å². The fourth-order valence-electron chi connectivity index (χ4n) is 2.23. The lowest BCUT2D eigenvalue weighted by Crippen LogP contribution is -2.28. The van der Waals surface area contributed by atoms with E-state index in [4.69, 9.17) is 16.3 Å². The quantitative estimate of drug-likeness (QED) is 0.837. The Balaban J connectivity index is 2.06. The lowest BCUT2D eigenvalue weighted by atomic mass is 9.92. The topological polar surface area (TPSA) is 21.3 Å². The van der Waals surface area contributed by atoms with Gasteiger partial charge >= 0.3 is 0 Å². The van der Waals surface area contributed by atoms with Crippen molar-refractivity contribution in [3.05, 3.63) is 40.9 Å². The molecule has 98 valence electrons. The molecule has 0 amide bonds. The largest absolute Gasteiger partial charge is 0.488 e. The van der Waals surface area contributed by atoms with Gasteiger partial charge in [-0.3, -0.25) is 0 Å². The molecule has 0 aromatic heterocycles. The van der Waals surface area contributed by atoms with Crippen molar-refractivity contribution in [2.24, 2.45) is 0 Å². The molecule has 0 saturated carbocycles. The molecule has 1 saturated heterocycles. The minimum Gasteiger partial charge on any atom is -0.488 e. The van der Waals surface area contributed by atoms with Gasteiger partial charge in [0.05, 0.1) is 5.02 Å². The third-order valence-corrected chi connectivity index (χ3v) is 3.49. The number of piperidine rings is 1. The molecule has 1 N–H and O–H groups in total. The summed E-state index contributed by atoms with van der Waals surface area (Å²) in [6.07, 6.45) is 2.46. The zero-order valence-corrected chi connectivity index (χ0v) is 11.6. The molecule has 1 aromatic rings. The van der Waals surface area contributed by atoms with Crippen LogP contribution in [0.25, 0.3) is 0 Å². The van der Waals surface area contributed by atoms with Crippen molar-refractivity contribution in [2.75, 3.05) is 19.7 Å². The lowest BCUT2D eigenvalue weighted by Gasteiger charge is -2.23. The maximum atomic E-state index is 6.26. The number of benzene rings is 1. The van der Waals surface area contributed by atoms with Gasteiger partial charge in [-0.25, -0.2) is 0 Å². The van der Waals surface area contributed by atoms with Gasteiger partial charge in [0.1, 0.15) is 12.4 Å². The van der Waals surface area contributed by atoms with Crippen LogP contribution >= 0.6 is 11.6 Å². The molecule has 0 bridgehead atoms. The SMILES string of the molecule is C=C(C)COc1ccc(C2CCCNC2)cc1Cl. The number of rotatable bonds is 4. The Bertz CT molecular complexity index is 425. The van der Waals surface area contributed by atoms with E-state index in [1.54, 1.807) is 0 Å². The molecule has 2 nitrogen and oxygen atoms in total. The molecule has 2 rings (SSSR count). The average molecular weight is 266 g/mol. The first-order valence-electron chi connectivity index (χ1n) is 6.44. The van der Waals surface area contributed by atoms with Gasteiger partial charge in [0.25, 0.3) is 0 Å². The Morgan fingerprint density at radius 2 is 2.39 bits per heavy atom. The van der Waals surface area contributed by atoms with Crippen LogP contribution in [0.5, 0.6) is 5.75 Å². The van der Waals surface area contributed by atoms with E-state index < -0.39 is 0 Å². The molecule has 0 aliphatic carbocycles. The third-order valence-electron chi connectivity index (χ3n) is 3.20. The highest BCUT2D eigenvalue weighted by molar-refractivity contribution is 6.32. The van der Waals surface area contributed by atoms with E-state index >= 15 is 0 Å². The Labute approximate surface area is 114 Å². The molecule has 18 heavy (non-hydrogen) atoms. The van der Waals surface area contributed by atoms with E-state index in [1.165, 1.54) is 18.4 Å². The summed E-state index contributed by atoms with van der Waals surface area (Å²) in [6.45, 7) is 8.45. The molecular formula is C15H20ClNO. The summed E-state index contributed by atoms with van der Waals surface area (Å²) in [4.78, 5) is 0. The van der Waals surface area contributed by atoms with Crippen molar-refractivity contribution >= 4 is 11.6 Å². The van der Waals surface area contributed by atoms with Crippen LogP contribution in [0, 0.1) is 0 Å². The summed E-state index contributed by atoms with van der Waals surface area (Å²) in [6, 6.07) is 6.12. The second-order valence-electron chi connectivity index (χ2n) is 4.98. The zero-order chi connectivity index (χ0) is 13.0. The van der Waals surface area contributed by atoms with E-state index in [1.807, 2.05) is 19.1 Å². The third kappa shape index (κ3) is 3.50. The molecule has 1 fully saturated rings. The standard InChI is InChI=1S/C15H20ClNO/c1-11(2)10-18-15-6-5-12(8-14(15)16)13-4-3-7-17-9-13/h5-6,8,13,17H,1,3-4,7,9-10H2,2H3. The molecule has 0 radical (unpaired) electrons. The van der Waals surface area contributed by atoms with Crippen molar-refractivity contribution in [1.29, 1.82) is 0 Å². The smallest absolute Gasteiger partial charge is 0.138 e.